The molecule has 1 amide bonds. The quantitative estimate of drug-likeness (QED) is 0.680. The van der Waals surface area contributed by atoms with Crippen molar-refractivity contribution in [1.82, 2.24) is 5.32 Å². The van der Waals surface area contributed by atoms with Gasteiger partial charge in [0.1, 0.15) is 12.4 Å². The van der Waals surface area contributed by atoms with Crippen LogP contribution in [0, 0.1) is 17.5 Å². The average Bonchev–Trinajstić information content (AvgIpc) is 2.49. The lowest BCUT2D eigenvalue weighted by Crippen LogP contribution is -2.28. The Balaban J connectivity index is 1.85. The summed E-state index contributed by atoms with van der Waals surface area (Å²) in [7, 11) is 0. The molecule has 0 aromatic heterocycles. The van der Waals surface area contributed by atoms with E-state index in [1.165, 1.54) is 0 Å². The van der Waals surface area contributed by atoms with Gasteiger partial charge in [-0.15, -0.1) is 0 Å². The van der Waals surface area contributed by atoms with Gasteiger partial charge in [0.2, 0.25) is 0 Å². The Bertz CT molecular complexity index is 609. The van der Waals surface area contributed by atoms with Gasteiger partial charge in [0.25, 0.3) is 5.91 Å². The Hall–Kier alpha value is -2.50. The number of amides is 1. The minimum absolute atomic E-state index is 0.147. The number of hydrogen-bond donors (Lipinski definition) is 1. The van der Waals surface area contributed by atoms with Crippen molar-refractivity contribution in [2.24, 2.45) is 0 Å². The van der Waals surface area contributed by atoms with Gasteiger partial charge < -0.3 is 10.1 Å². The minimum Gasteiger partial charge on any atom is -0.492 e. The lowest BCUT2D eigenvalue weighted by atomic mass is 10.2. The van der Waals surface area contributed by atoms with Crippen molar-refractivity contribution in [1.29, 1.82) is 0 Å². The lowest BCUT2D eigenvalue weighted by Gasteiger charge is -2.08. The van der Waals surface area contributed by atoms with Gasteiger partial charge in [0.15, 0.2) is 17.5 Å². The van der Waals surface area contributed by atoms with E-state index in [1.807, 2.05) is 6.07 Å². The van der Waals surface area contributed by atoms with Crippen LogP contribution in [0.15, 0.2) is 42.5 Å². The van der Waals surface area contributed by atoms with Gasteiger partial charge >= 0.3 is 0 Å². The van der Waals surface area contributed by atoms with Gasteiger partial charge in [0, 0.05) is 5.56 Å². The number of halogens is 3. The van der Waals surface area contributed by atoms with Gasteiger partial charge in [-0.05, 0) is 24.3 Å². The van der Waals surface area contributed by atoms with Crippen LogP contribution in [0.3, 0.4) is 0 Å². The Morgan fingerprint density at radius 2 is 1.67 bits per heavy atom. The molecule has 2 aromatic rings. The number of rotatable bonds is 5. The first kappa shape index (κ1) is 14.9. The summed E-state index contributed by atoms with van der Waals surface area (Å²) < 4.78 is 44.1. The zero-order chi connectivity index (χ0) is 15.2. The van der Waals surface area contributed by atoms with Gasteiger partial charge in [-0.1, -0.05) is 18.2 Å². The first-order chi connectivity index (χ1) is 10.1. The van der Waals surface area contributed by atoms with Crippen LogP contribution in [0.25, 0.3) is 0 Å². The number of hydrogen-bond acceptors (Lipinski definition) is 2. The maximum Gasteiger partial charge on any atom is 0.251 e. The second kappa shape index (κ2) is 6.78. The molecule has 0 unspecified atom stereocenters. The molecule has 3 nitrogen and oxygen atoms in total. The fraction of sp³-hybridized carbons (Fsp3) is 0.133. The highest BCUT2D eigenvalue weighted by Crippen LogP contribution is 2.13. The summed E-state index contributed by atoms with van der Waals surface area (Å²) in [4.78, 5) is 11.6. The molecular weight excluding hydrogens is 283 g/mol. The maximum atomic E-state index is 13.0. The molecule has 1 N–H and O–H groups in total. The summed E-state index contributed by atoms with van der Waals surface area (Å²) >= 11 is 0. The predicted molar refractivity (Wildman–Crippen MR) is 70.6 cm³/mol. The molecule has 0 fully saturated rings. The van der Waals surface area contributed by atoms with Gasteiger partial charge in [-0.2, -0.15) is 0 Å². The minimum atomic E-state index is -1.60. The molecule has 2 aromatic carbocycles. The third kappa shape index (κ3) is 3.98. The van der Waals surface area contributed by atoms with Crippen LogP contribution in [-0.2, 0) is 0 Å². The Kier molecular flexibility index (Phi) is 4.81. The number of carbonyl (C=O) groups is 1. The summed E-state index contributed by atoms with van der Waals surface area (Å²) in [5, 5.41) is 2.42. The molecule has 0 aliphatic heterocycles. The van der Waals surface area contributed by atoms with Crippen LogP contribution in [0.4, 0.5) is 13.2 Å². The topological polar surface area (TPSA) is 38.3 Å². The molecule has 2 rings (SSSR count). The molecule has 0 spiro atoms. The molecule has 6 heteroatoms. The van der Waals surface area contributed by atoms with Crippen LogP contribution in [0.5, 0.6) is 5.75 Å². The van der Waals surface area contributed by atoms with E-state index in [4.69, 9.17) is 4.74 Å². The fourth-order valence-electron chi connectivity index (χ4n) is 1.64. The van der Waals surface area contributed by atoms with Crippen molar-refractivity contribution < 1.29 is 22.7 Å². The molecule has 0 aliphatic rings. The van der Waals surface area contributed by atoms with Crippen molar-refractivity contribution in [3.05, 3.63) is 65.5 Å². The molecule has 0 atom stereocenters. The first-order valence-electron chi connectivity index (χ1n) is 6.18. The average molecular weight is 295 g/mol. The molecule has 110 valence electrons. The molecule has 0 aliphatic carbocycles. The zero-order valence-electron chi connectivity index (χ0n) is 10.9. The number of nitrogens with one attached hydrogen (secondary N) is 1. The van der Waals surface area contributed by atoms with E-state index in [1.54, 1.807) is 24.3 Å². The second-order valence-corrected chi connectivity index (χ2v) is 4.17. The molecular formula is C15H12F3NO2. The van der Waals surface area contributed by atoms with Crippen molar-refractivity contribution in [2.45, 2.75) is 0 Å². The highest BCUT2D eigenvalue weighted by atomic mass is 19.2. The number of para-hydroxylation sites is 1. The predicted octanol–water partition coefficient (Wildman–Crippen LogP) is 2.91. The standard InChI is InChI=1S/C15H12F3NO2/c16-12-8-10(9-13(17)14(12)18)15(20)19-6-7-21-11-4-2-1-3-5-11/h1-5,8-9H,6-7H2,(H,19,20). The third-order valence-electron chi connectivity index (χ3n) is 2.65. The monoisotopic (exact) mass is 295 g/mol. The van der Waals surface area contributed by atoms with Gasteiger partial charge in [0.05, 0.1) is 6.54 Å². The molecule has 0 saturated heterocycles. The molecule has 21 heavy (non-hydrogen) atoms. The Labute approximate surface area is 119 Å². The van der Waals surface area contributed by atoms with Gasteiger partial charge in [-0.25, -0.2) is 13.2 Å². The highest BCUT2D eigenvalue weighted by Gasteiger charge is 2.14. The number of carbonyl (C=O) groups excluding carboxylic acids is 1. The van der Waals surface area contributed by atoms with Crippen molar-refractivity contribution >= 4 is 5.91 Å². The van der Waals surface area contributed by atoms with Crippen LogP contribution >= 0.6 is 0 Å². The molecule has 0 saturated carbocycles. The van der Waals surface area contributed by atoms with Crippen molar-refractivity contribution in [3.63, 3.8) is 0 Å². The molecule has 0 heterocycles. The van der Waals surface area contributed by atoms with E-state index in [9.17, 15) is 18.0 Å². The summed E-state index contributed by atoms with van der Waals surface area (Å²) in [6.45, 7) is 0.344. The van der Waals surface area contributed by atoms with E-state index >= 15 is 0 Å². The van der Waals surface area contributed by atoms with Crippen molar-refractivity contribution in [3.8, 4) is 5.75 Å². The lowest BCUT2D eigenvalue weighted by molar-refractivity contribution is 0.0946. The van der Waals surface area contributed by atoms with E-state index in [2.05, 4.69) is 5.32 Å². The van der Waals surface area contributed by atoms with E-state index < -0.39 is 23.4 Å². The zero-order valence-corrected chi connectivity index (χ0v) is 10.9. The third-order valence-corrected chi connectivity index (χ3v) is 2.65. The Morgan fingerprint density at radius 1 is 1.05 bits per heavy atom. The Morgan fingerprint density at radius 3 is 2.29 bits per heavy atom. The SMILES string of the molecule is O=C(NCCOc1ccccc1)c1cc(F)c(F)c(F)c1. The highest BCUT2D eigenvalue weighted by molar-refractivity contribution is 5.94. The van der Waals surface area contributed by atoms with Gasteiger partial charge in [-0.3, -0.25) is 4.79 Å². The van der Waals surface area contributed by atoms with E-state index in [0.29, 0.717) is 17.9 Å². The smallest absolute Gasteiger partial charge is 0.251 e. The first-order valence-corrected chi connectivity index (χ1v) is 6.18. The molecule has 0 radical (unpaired) electrons. The van der Waals surface area contributed by atoms with Crippen molar-refractivity contribution in [2.75, 3.05) is 13.2 Å². The van der Waals surface area contributed by atoms with Crippen LogP contribution in [-0.4, -0.2) is 19.1 Å². The molecule has 0 bridgehead atoms. The second-order valence-electron chi connectivity index (χ2n) is 4.17. The van der Waals surface area contributed by atoms with Crippen LogP contribution in [0.2, 0.25) is 0 Å². The summed E-state index contributed by atoms with van der Waals surface area (Å²) in [5.41, 5.74) is -0.286. The fourth-order valence-corrected chi connectivity index (χ4v) is 1.64. The summed E-state index contributed by atoms with van der Waals surface area (Å²) in [6, 6.07) is 10.2. The normalized spacial score (nSPS) is 10.2. The summed E-state index contributed by atoms with van der Waals surface area (Å²) in [5.74, 6) is -4.46. The maximum absolute atomic E-state index is 13.0. The number of benzene rings is 2. The van der Waals surface area contributed by atoms with Crippen LogP contribution in [0.1, 0.15) is 10.4 Å². The van der Waals surface area contributed by atoms with E-state index in [-0.39, 0.29) is 18.7 Å². The largest absolute Gasteiger partial charge is 0.492 e. The number of ether oxygens (including phenoxy) is 1. The summed E-state index contributed by atoms with van der Waals surface area (Å²) in [6.07, 6.45) is 0. The van der Waals surface area contributed by atoms with E-state index in [0.717, 1.165) is 0 Å². The van der Waals surface area contributed by atoms with Crippen LogP contribution < -0.4 is 10.1 Å².